The largest absolute Gasteiger partial charge is 0.378 e. The van der Waals surface area contributed by atoms with Gasteiger partial charge in [0.25, 0.3) is 0 Å². The molecule has 2 aromatic rings. The Balaban J connectivity index is 1.58. The van der Waals surface area contributed by atoms with E-state index in [4.69, 9.17) is 21.3 Å². The predicted molar refractivity (Wildman–Crippen MR) is 91.3 cm³/mol. The minimum Gasteiger partial charge on any atom is -0.378 e. The lowest BCUT2D eigenvalue weighted by Gasteiger charge is -2.25. The summed E-state index contributed by atoms with van der Waals surface area (Å²) < 4.78 is 5.79. The highest BCUT2D eigenvalue weighted by molar-refractivity contribution is 6.35. The molecule has 0 radical (unpaired) electrons. The van der Waals surface area contributed by atoms with Crippen LogP contribution in [0.2, 0.25) is 5.02 Å². The number of benzene rings is 1. The third kappa shape index (κ3) is 3.97. The monoisotopic (exact) mass is 318 g/mol. The van der Waals surface area contributed by atoms with Crippen molar-refractivity contribution in [3.63, 3.8) is 0 Å². The standard InChI is InChI=1S/C18H23ClN2O/c1-21(11-10-16-6-2-3-12-22-16)13-15-9-8-14-5-4-7-17(19)18(14)20-15/h4-5,7-9,16H,2-3,6,10-13H2,1H3/t16-/m1/s1. The maximum absolute atomic E-state index is 6.24. The van der Waals surface area contributed by atoms with E-state index < -0.39 is 0 Å². The third-order valence-electron chi connectivity index (χ3n) is 4.27. The molecular formula is C18H23ClN2O. The number of rotatable bonds is 5. The maximum Gasteiger partial charge on any atom is 0.0891 e. The van der Waals surface area contributed by atoms with Gasteiger partial charge in [0, 0.05) is 25.1 Å². The Bertz CT molecular complexity index is 626. The Hall–Kier alpha value is -1.16. The predicted octanol–water partition coefficient (Wildman–Crippen LogP) is 4.28. The molecule has 0 unspecified atom stereocenters. The fraction of sp³-hybridized carbons (Fsp3) is 0.500. The summed E-state index contributed by atoms with van der Waals surface area (Å²) in [6, 6.07) is 10.1. The second-order valence-electron chi connectivity index (χ2n) is 6.13. The smallest absolute Gasteiger partial charge is 0.0891 e. The first-order valence-corrected chi connectivity index (χ1v) is 8.44. The van der Waals surface area contributed by atoms with E-state index in [1.807, 2.05) is 18.2 Å². The third-order valence-corrected chi connectivity index (χ3v) is 4.57. The van der Waals surface area contributed by atoms with Crippen LogP contribution in [0.1, 0.15) is 31.4 Å². The SMILES string of the molecule is CN(CC[C@H]1CCCCO1)Cc1ccc2cccc(Cl)c2n1. The van der Waals surface area contributed by atoms with Gasteiger partial charge in [0.15, 0.2) is 0 Å². The zero-order chi connectivity index (χ0) is 15.4. The van der Waals surface area contributed by atoms with Gasteiger partial charge in [-0.3, -0.25) is 0 Å². The van der Waals surface area contributed by atoms with E-state index in [1.54, 1.807) is 0 Å². The molecule has 1 fully saturated rings. The first kappa shape index (κ1) is 15.7. The van der Waals surface area contributed by atoms with E-state index in [-0.39, 0.29) is 0 Å². The van der Waals surface area contributed by atoms with Crippen LogP contribution in [0.4, 0.5) is 0 Å². The van der Waals surface area contributed by atoms with E-state index in [2.05, 4.69) is 24.1 Å². The number of fused-ring (bicyclic) bond motifs is 1. The van der Waals surface area contributed by atoms with Crippen molar-refractivity contribution in [3.05, 3.63) is 41.0 Å². The van der Waals surface area contributed by atoms with Crippen molar-refractivity contribution < 1.29 is 4.74 Å². The summed E-state index contributed by atoms with van der Waals surface area (Å²) >= 11 is 6.24. The maximum atomic E-state index is 6.24. The Morgan fingerprint density at radius 3 is 3.00 bits per heavy atom. The highest BCUT2D eigenvalue weighted by atomic mass is 35.5. The van der Waals surface area contributed by atoms with Crippen molar-refractivity contribution in [2.75, 3.05) is 20.2 Å². The lowest BCUT2D eigenvalue weighted by molar-refractivity contribution is 0.00636. The average molecular weight is 319 g/mol. The molecule has 3 nitrogen and oxygen atoms in total. The van der Waals surface area contributed by atoms with E-state index in [0.29, 0.717) is 6.10 Å². The molecule has 4 heteroatoms. The molecule has 0 saturated carbocycles. The Kier molecular flexibility index (Phi) is 5.29. The van der Waals surface area contributed by atoms with Gasteiger partial charge < -0.3 is 9.64 Å². The molecule has 1 aromatic carbocycles. The summed E-state index contributed by atoms with van der Waals surface area (Å²) in [4.78, 5) is 7.01. The van der Waals surface area contributed by atoms with Gasteiger partial charge in [-0.05, 0) is 44.9 Å². The van der Waals surface area contributed by atoms with Crippen LogP contribution in [0.5, 0.6) is 0 Å². The minimum atomic E-state index is 0.440. The van der Waals surface area contributed by atoms with Crippen LogP contribution in [-0.4, -0.2) is 36.2 Å². The van der Waals surface area contributed by atoms with Crippen molar-refractivity contribution in [1.82, 2.24) is 9.88 Å². The number of hydrogen-bond donors (Lipinski definition) is 0. The van der Waals surface area contributed by atoms with Crippen LogP contribution in [0.3, 0.4) is 0 Å². The molecule has 3 rings (SSSR count). The van der Waals surface area contributed by atoms with Gasteiger partial charge in [-0.1, -0.05) is 29.8 Å². The first-order chi connectivity index (χ1) is 10.7. The van der Waals surface area contributed by atoms with Crippen LogP contribution >= 0.6 is 11.6 Å². The summed E-state index contributed by atoms with van der Waals surface area (Å²) in [5.74, 6) is 0. The topological polar surface area (TPSA) is 25.4 Å². The van der Waals surface area contributed by atoms with Crippen molar-refractivity contribution >= 4 is 22.5 Å². The van der Waals surface area contributed by atoms with Crippen LogP contribution < -0.4 is 0 Å². The lowest BCUT2D eigenvalue weighted by Crippen LogP contribution is -2.27. The fourth-order valence-electron chi connectivity index (χ4n) is 2.99. The van der Waals surface area contributed by atoms with Crippen molar-refractivity contribution in [2.24, 2.45) is 0 Å². The number of ether oxygens (including phenoxy) is 1. The van der Waals surface area contributed by atoms with Crippen molar-refractivity contribution in [2.45, 2.75) is 38.3 Å². The quantitative estimate of drug-likeness (QED) is 0.822. The molecule has 0 spiro atoms. The number of para-hydroxylation sites is 1. The van der Waals surface area contributed by atoms with E-state index in [1.165, 1.54) is 19.3 Å². The molecule has 22 heavy (non-hydrogen) atoms. The summed E-state index contributed by atoms with van der Waals surface area (Å²) in [7, 11) is 2.14. The molecular weight excluding hydrogens is 296 g/mol. The van der Waals surface area contributed by atoms with Crippen LogP contribution in [0.15, 0.2) is 30.3 Å². The van der Waals surface area contributed by atoms with Crippen LogP contribution in [0.25, 0.3) is 10.9 Å². The molecule has 118 valence electrons. The molecule has 1 aliphatic heterocycles. The summed E-state index contributed by atoms with van der Waals surface area (Å²) in [5.41, 5.74) is 1.96. The average Bonchev–Trinajstić information content (AvgIpc) is 2.55. The zero-order valence-corrected chi connectivity index (χ0v) is 13.9. The van der Waals surface area contributed by atoms with Gasteiger partial charge in [0.2, 0.25) is 0 Å². The van der Waals surface area contributed by atoms with E-state index in [0.717, 1.165) is 47.7 Å². The number of halogens is 1. The Morgan fingerprint density at radius 2 is 2.18 bits per heavy atom. The number of hydrogen-bond acceptors (Lipinski definition) is 3. The van der Waals surface area contributed by atoms with E-state index >= 15 is 0 Å². The molecule has 0 aliphatic carbocycles. The van der Waals surface area contributed by atoms with Gasteiger partial charge in [-0.2, -0.15) is 0 Å². The van der Waals surface area contributed by atoms with Crippen molar-refractivity contribution in [3.8, 4) is 0 Å². The van der Waals surface area contributed by atoms with Crippen LogP contribution in [-0.2, 0) is 11.3 Å². The summed E-state index contributed by atoms with van der Waals surface area (Å²) in [6.07, 6.45) is 5.27. The highest BCUT2D eigenvalue weighted by Gasteiger charge is 2.14. The molecule has 0 amide bonds. The highest BCUT2D eigenvalue weighted by Crippen LogP contribution is 2.22. The summed E-state index contributed by atoms with van der Waals surface area (Å²) in [5, 5.41) is 1.81. The fourth-order valence-corrected chi connectivity index (χ4v) is 3.22. The molecule has 0 bridgehead atoms. The first-order valence-electron chi connectivity index (χ1n) is 8.06. The lowest BCUT2D eigenvalue weighted by atomic mass is 10.1. The second-order valence-corrected chi connectivity index (χ2v) is 6.54. The number of aromatic nitrogens is 1. The molecule has 1 aliphatic rings. The van der Waals surface area contributed by atoms with Crippen molar-refractivity contribution in [1.29, 1.82) is 0 Å². The number of pyridine rings is 1. The van der Waals surface area contributed by atoms with Gasteiger partial charge in [-0.15, -0.1) is 0 Å². The van der Waals surface area contributed by atoms with Gasteiger partial charge in [0.1, 0.15) is 0 Å². The van der Waals surface area contributed by atoms with Crippen LogP contribution in [0, 0.1) is 0 Å². The normalized spacial score (nSPS) is 19.0. The zero-order valence-electron chi connectivity index (χ0n) is 13.1. The van der Waals surface area contributed by atoms with Gasteiger partial charge in [0.05, 0.1) is 22.3 Å². The molecule has 1 saturated heterocycles. The molecule has 1 atom stereocenters. The molecule has 2 heterocycles. The molecule has 0 N–H and O–H groups in total. The summed E-state index contributed by atoms with van der Waals surface area (Å²) in [6.45, 7) is 2.81. The molecule has 1 aromatic heterocycles. The van der Waals surface area contributed by atoms with Gasteiger partial charge in [-0.25, -0.2) is 4.98 Å². The van der Waals surface area contributed by atoms with E-state index in [9.17, 15) is 0 Å². The number of nitrogens with zero attached hydrogens (tertiary/aromatic N) is 2. The second kappa shape index (κ2) is 7.40. The Morgan fingerprint density at radius 1 is 1.27 bits per heavy atom. The minimum absolute atomic E-state index is 0.440. The Labute approximate surface area is 137 Å². The van der Waals surface area contributed by atoms with Gasteiger partial charge >= 0.3 is 0 Å².